The van der Waals surface area contributed by atoms with Crippen LogP contribution in [0.4, 0.5) is 11.5 Å². The van der Waals surface area contributed by atoms with E-state index < -0.39 is 6.04 Å². The zero-order chi connectivity index (χ0) is 20.1. The van der Waals surface area contributed by atoms with Gasteiger partial charge in [0.25, 0.3) is 5.91 Å². The molecule has 0 radical (unpaired) electrons. The van der Waals surface area contributed by atoms with Gasteiger partial charge in [0.15, 0.2) is 5.82 Å². The van der Waals surface area contributed by atoms with Crippen LogP contribution in [0.5, 0.6) is 5.75 Å². The lowest BCUT2D eigenvalue weighted by molar-refractivity contribution is -0.117. The van der Waals surface area contributed by atoms with Gasteiger partial charge in [-0.2, -0.15) is 0 Å². The molecule has 0 spiro atoms. The standard InChI is InChI=1S/C21H22ClN3O3/c1-13(2)27-18-10-9-16(12-17(18)22)23-20(15-7-5-4-6-8-15)21(26)24-19-11-14(3)28-25-19/h4-13,20,23H,1-3H3,(H,24,25,26)/t20-/m1/s1. The Morgan fingerprint density at radius 1 is 1.14 bits per heavy atom. The van der Waals surface area contributed by atoms with Gasteiger partial charge in [-0.05, 0) is 44.5 Å². The summed E-state index contributed by atoms with van der Waals surface area (Å²) < 4.78 is 10.7. The molecular formula is C21H22ClN3O3. The molecule has 0 fully saturated rings. The number of hydrogen-bond donors (Lipinski definition) is 2. The highest BCUT2D eigenvalue weighted by Crippen LogP contribution is 2.30. The van der Waals surface area contributed by atoms with Gasteiger partial charge in [0.1, 0.15) is 17.6 Å². The monoisotopic (exact) mass is 399 g/mol. The Labute approximate surface area is 168 Å². The minimum absolute atomic E-state index is 0.0186. The number of ether oxygens (including phenoxy) is 1. The van der Waals surface area contributed by atoms with E-state index in [4.69, 9.17) is 20.9 Å². The van der Waals surface area contributed by atoms with Crippen LogP contribution in [0.2, 0.25) is 5.02 Å². The van der Waals surface area contributed by atoms with Crippen LogP contribution in [0.25, 0.3) is 0 Å². The molecule has 28 heavy (non-hydrogen) atoms. The lowest BCUT2D eigenvalue weighted by Gasteiger charge is -2.20. The highest BCUT2D eigenvalue weighted by molar-refractivity contribution is 6.32. The van der Waals surface area contributed by atoms with E-state index in [-0.39, 0.29) is 12.0 Å². The lowest BCUT2D eigenvalue weighted by atomic mass is 10.1. The molecule has 0 unspecified atom stereocenters. The van der Waals surface area contributed by atoms with Gasteiger partial charge in [-0.3, -0.25) is 4.79 Å². The lowest BCUT2D eigenvalue weighted by Crippen LogP contribution is -2.27. The van der Waals surface area contributed by atoms with Crippen LogP contribution in [0, 0.1) is 6.92 Å². The molecule has 1 atom stereocenters. The van der Waals surface area contributed by atoms with Crippen molar-refractivity contribution in [2.24, 2.45) is 0 Å². The van der Waals surface area contributed by atoms with Crippen LogP contribution in [-0.2, 0) is 4.79 Å². The van der Waals surface area contributed by atoms with Crippen molar-refractivity contribution in [2.75, 3.05) is 10.6 Å². The Bertz CT molecular complexity index is 941. The molecule has 146 valence electrons. The average molecular weight is 400 g/mol. The fourth-order valence-electron chi connectivity index (χ4n) is 2.68. The molecule has 0 aliphatic rings. The first-order valence-electron chi connectivity index (χ1n) is 8.94. The number of carbonyl (C=O) groups excluding carboxylic acids is 1. The van der Waals surface area contributed by atoms with Crippen molar-refractivity contribution in [3.63, 3.8) is 0 Å². The Morgan fingerprint density at radius 2 is 1.89 bits per heavy atom. The summed E-state index contributed by atoms with van der Waals surface area (Å²) >= 11 is 6.33. The maximum Gasteiger partial charge on any atom is 0.252 e. The first-order valence-corrected chi connectivity index (χ1v) is 9.32. The summed E-state index contributed by atoms with van der Waals surface area (Å²) in [5.74, 6) is 1.31. The number of aryl methyl sites for hydroxylation is 1. The smallest absolute Gasteiger partial charge is 0.252 e. The Morgan fingerprint density at radius 3 is 2.50 bits per heavy atom. The number of halogens is 1. The van der Waals surface area contributed by atoms with Crippen LogP contribution in [-0.4, -0.2) is 17.2 Å². The zero-order valence-electron chi connectivity index (χ0n) is 15.9. The van der Waals surface area contributed by atoms with Gasteiger partial charge in [0, 0.05) is 11.8 Å². The molecule has 0 aliphatic carbocycles. The van der Waals surface area contributed by atoms with Crippen LogP contribution >= 0.6 is 11.6 Å². The van der Waals surface area contributed by atoms with Gasteiger partial charge in [-0.1, -0.05) is 47.1 Å². The number of aromatic nitrogens is 1. The predicted octanol–water partition coefficient (Wildman–Crippen LogP) is 5.22. The van der Waals surface area contributed by atoms with Gasteiger partial charge >= 0.3 is 0 Å². The molecule has 1 aromatic heterocycles. The summed E-state index contributed by atoms with van der Waals surface area (Å²) in [5, 5.41) is 10.3. The number of anilines is 2. The number of rotatable bonds is 7. The summed E-state index contributed by atoms with van der Waals surface area (Å²) in [7, 11) is 0. The van der Waals surface area contributed by atoms with E-state index in [0.717, 1.165) is 5.56 Å². The molecule has 2 N–H and O–H groups in total. The third kappa shape index (κ3) is 5.04. The summed E-state index contributed by atoms with van der Waals surface area (Å²) in [5.41, 5.74) is 1.50. The molecule has 3 aromatic rings. The molecule has 1 amide bonds. The number of amides is 1. The number of benzene rings is 2. The normalized spacial score (nSPS) is 11.9. The summed E-state index contributed by atoms with van der Waals surface area (Å²) in [6.07, 6.45) is 0.0186. The van der Waals surface area contributed by atoms with Gasteiger partial charge < -0.3 is 19.9 Å². The fourth-order valence-corrected chi connectivity index (χ4v) is 2.90. The van der Waals surface area contributed by atoms with E-state index in [0.29, 0.717) is 28.0 Å². The Balaban J connectivity index is 1.83. The topological polar surface area (TPSA) is 76.4 Å². The Hall–Kier alpha value is -2.99. The molecule has 0 aliphatic heterocycles. The van der Waals surface area contributed by atoms with E-state index in [1.807, 2.05) is 50.2 Å². The minimum atomic E-state index is -0.647. The van der Waals surface area contributed by atoms with Crippen molar-refractivity contribution in [2.45, 2.75) is 32.9 Å². The van der Waals surface area contributed by atoms with Crippen LogP contribution in [0.1, 0.15) is 31.2 Å². The summed E-state index contributed by atoms with van der Waals surface area (Å²) in [4.78, 5) is 12.9. The highest BCUT2D eigenvalue weighted by atomic mass is 35.5. The molecule has 0 saturated carbocycles. The minimum Gasteiger partial charge on any atom is -0.489 e. The molecule has 0 bridgehead atoms. The third-order valence-electron chi connectivity index (χ3n) is 3.88. The van der Waals surface area contributed by atoms with E-state index >= 15 is 0 Å². The summed E-state index contributed by atoms with van der Waals surface area (Å²) in [6.45, 7) is 5.63. The van der Waals surface area contributed by atoms with E-state index in [1.54, 1.807) is 25.1 Å². The zero-order valence-corrected chi connectivity index (χ0v) is 16.7. The van der Waals surface area contributed by atoms with Gasteiger partial charge in [-0.25, -0.2) is 0 Å². The van der Waals surface area contributed by atoms with Crippen LogP contribution in [0.15, 0.2) is 59.1 Å². The number of hydrogen-bond acceptors (Lipinski definition) is 5. The quantitative estimate of drug-likeness (QED) is 0.569. The third-order valence-corrected chi connectivity index (χ3v) is 4.18. The SMILES string of the molecule is Cc1cc(NC(=O)[C@H](Nc2ccc(OC(C)C)c(Cl)c2)c2ccccc2)no1. The molecular weight excluding hydrogens is 378 g/mol. The maximum atomic E-state index is 12.9. The molecule has 0 saturated heterocycles. The second-order valence-electron chi connectivity index (χ2n) is 6.61. The number of nitrogens with one attached hydrogen (secondary N) is 2. The maximum absolute atomic E-state index is 12.9. The van der Waals surface area contributed by atoms with Crippen molar-refractivity contribution < 1.29 is 14.1 Å². The number of carbonyl (C=O) groups is 1. The predicted molar refractivity (Wildman–Crippen MR) is 110 cm³/mol. The van der Waals surface area contributed by atoms with E-state index in [2.05, 4.69) is 15.8 Å². The second-order valence-corrected chi connectivity index (χ2v) is 7.02. The van der Waals surface area contributed by atoms with Gasteiger partial charge in [0.2, 0.25) is 0 Å². The summed E-state index contributed by atoms with van der Waals surface area (Å²) in [6, 6.07) is 15.8. The van der Waals surface area contributed by atoms with Crippen LogP contribution in [0.3, 0.4) is 0 Å². The fraction of sp³-hybridized carbons (Fsp3) is 0.238. The second kappa shape index (κ2) is 8.80. The Kier molecular flexibility index (Phi) is 6.21. The van der Waals surface area contributed by atoms with Gasteiger partial charge in [0.05, 0.1) is 11.1 Å². The van der Waals surface area contributed by atoms with E-state index in [9.17, 15) is 4.79 Å². The van der Waals surface area contributed by atoms with Crippen molar-refractivity contribution >= 4 is 29.0 Å². The van der Waals surface area contributed by atoms with Crippen molar-refractivity contribution in [3.05, 3.63) is 70.9 Å². The molecule has 1 heterocycles. The first-order chi connectivity index (χ1) is 13.4. The first kappa shape index (κ1) is 19.8. The average Bonchev–Trinajstić information content (AvgIpc) is 3.07. The molecule has 3 rings (SSSR count). The van der Waals surface area contributed by atoms with Gasteiger partial charge in [-0.15, -0.1) is 0 Å². The van der Waals surface area contributed by atoms with E-state index in [1.165, 1.54) is 0 Å². The highest BCUT2D eigenvalue weighted by Gasteiger charge is 2.22. The van der Waals surface area contributed by atoms with Crippen molar-refractivity contribution in [1.29, 1.82) is 0 Å². The van der Waals surface area contributed by atoms with Crippen molar-refractivity contribution in [1.82, 2.24) is 5.16 Å². The van der Waals surface area contributed by atoms with Crippen LogP contribution < -0.4 is 15.4 Å². The molecule has 7 heteroatoms. The largest absolute Gasteiger partial charge is 0.489 e. The van der Waals surface area contributed by atoms with Crippen molar-refractivity contribution in [3.8, 4) is 5.75 Å². The number of nitrogens with zero attached hydrogens (tertiary/aromatic N) is 1. The molecule has 6 nitrogen and oxygen atoms in total. The molecule has 2 aromatic carbocycles.